The average molecular weight is 1270 g/mol. The van der Waals surface area contributed by atoms with Crippen LogP contribution in [-0.4, -0.2) is 99.6 Å². The molecule has 11 nitrogen and oxygen atoms in total. The molecule has 0 aromatic heterocycles. The molecule has 0 aromatic rings. The van der Waals surface area contributed by atoms with E-state index in [0.29, 0.717) is 12.8 Å². The lowest BCUT2D eigenvalue weighted by molar-refractivity contribution is -0.305. The summed E-state index contributed by atoms with van der Waals surface area (Å²) in [6, 6.07) is -1.03. The fraction of sp³-hybridized carbons (Fsp3) is 0.823. The predicted octanol–water partition coefficient (Wildman–Crippen LogP) is 20.2. The molecule has 0 saturated carbocycles. The first-order chi connectivity index (χ1) is 44.2. The molecule has 11 heteroatoms. The first-order valence-corrected chi connectivity index (χ1v) is 38.2. The molecule has 6 N–H and O–H groups in total. The van der Waals surface area contributed by atoms with E-state index in [-0.39, 0.29) is 19.4 Å². The average Bonchev–Trinajstić information content (AvgIpc) is 1.11. The second-order valence-corrected chi connectivity index (χ2v) is 26.4. The molecule has 1 heterocycles. The van der Waals surface area contributed by atoms with Crippen molar-refractivity contribution < 1.29 is 49.3 Å². The fourth-order valence-corrected chi connectivity index (χ4v) is 11.8. The van der Waals surface area contributed by atoms with Crippen LogP contribution in [0.3, 0.4) is 0 Å². The summed E-state index contributed by atoms with van der Waals surface area (Å²) in [6.07, 6.45) is 76.6. The van der Waals surface area contributed by atoms with Crippen LogP contribution in [0.4, 0.5) is 0 Å². The number of esters is 1. The van der Waals surface area contributed by atoms with Crippen LogP contribution in [0.15, 0.2) is 72.9 Å². The van der Waals surface area contributed by atoms with E-state index in [1.165, 1.54) is 225 Å². The van der Waals surface area contributed by atoms with Crippen molar-refractivity contribution in [2.24, 2.45) is 0 Å². The van der Waals surface area contributed by atoms with Crippen LogP contribution in [0.25, 0.3) is 0 Å². The van der Waals surface area contributed by atoms with Gasteiger partial charge in [0, 0.05) is 6.42 Å². The number of rotatable bonds is 66. The normalized spacial score (nSPS) is 18.4. The molecule has 90 heavy (non-hydrogen) atoms. The summed E-state index contributed by atoms with van der Waals surface area (Å²) in [6.45, 7) is 5.80. The number of hydrogen-bond acceptors (Lipinski definition) is 10. The van der Waals surface area contributed by atoms with Crippen LogP contribution in [0.1, 0.15) is 355 Å². The first-order valence-electron chi connectivity index (χ1n) is 38.2. The van der Waals surface area contributed by atoms with Crippen LogP contribution in [0.2, 0.25) is 0 Å². The molecule has 1 rings (SSSR count). The predicted molar refractivity (Wildman–Crippen MR) is 379 cm³/mol. The van der Waals surface area contributed by atoms with Crippen molar-refractivity contribution in [3.63, 3.8) is 0 Å². The van der Waals surface area contributed by atoms with Crippen molar-refractivity contribution in [3.05, 3.63) is 72.9 Å². The monoisotopic (exact) mass is 1270 g/mol. The molecule has 0 spiro atoms. The highest BCUT2D eigenvalue weighted by atomic mass is 16.7. The topological polar surface area (TPSA) is 175 Å². The summed E-state index contributed by atoms with van der Waals surface area (Å²) in [5, 5.41) is 57.4. The van der Waals surface area contributed by atoms with E-state index in [9.17, 15) is 35.1 Å². The Morgan fingerprint density at radius 1 is 0.433 bits per heavy atom. The number of carbonyl (C=O) groups excluding carboxylic acids is 2. The zero-order chi connectivity index (χ0) is 65.3. The lowest BCUT2D eigenvalue weighted by Crippen LogP contribution is -2.61. The van der Waals surface area contributed by atoms with E-state index in [2.05, 4.69) is 86.8 Å². The van der Waals surface area contributed by atoms with Crippen molar-refractivity contribution >= 4 is 11.9 Å². The minimum atomic E-state index is -1.62. The van der Waals surface area contributed by atoms with Gasteiger partial charge in [-0.05, 0) is 96.3 Å². The van der Waals surface area contributed by atoms with Crippen LogP contribution in [0.5, 0.6) is 0 Å². The van der Waals surface area contributed by atoms with Crippen LogP contribution in [0, 0.1) is 0 Å². The third-order valence-corrected chi connectivity index (χ3v) is 17.8. The summed E-state index contributed by atoms with van der Waals surface area (Å²) < 4.78 is 17.7. The van der Waals surface area contributed by atoms with E-state index < -0.39 is 67.4 Å². The van der Waals surface area contributed by atoms with E-state index in [4.69, 9.17) is 14.2 Å². The Kier molecular flexibility index (Phi) is 62.5. The van der Waals surface area contributed by atoms with E-state index >= 15 is 0 Å². The molecule has 1 fully saturated rings. The molecule has 1 aliphatic rings. The van der Waals surface area contributed by atoms with Crippen molar-refractivity contribution in [1.29, 1.82) is 0 Å². The fourth-order valence-electron chi connectivity index (χ4n) is 11.8. The molecule has 0 aliphatic carbocycles. The third kappa shape index (κ3) is 52.5. The molecule has 0 aromatic carbocycles. The van der Waals surface area contributed by atoms with Gasteiger partial charge in [-0.2, -0.15) is 0 Å². The van der Waals surface area contributed by atoms with Crippen LogP contribution < -0.4 is 5.32 Å². The molecule has 1 aliphatic heterocycles. The van der Waals surface area contributed by atoms with Crippen LogP contribution in [-0.2, 0) is 23.8 Å². The maximum Gasteiger partial charge on any atom is 0.306 e. The Labute approximate surface area is 553 Å². The number of hydrogen-bond donors (Lipinski definition) is 6. The van der Waals surface area contributed by atoms with Crippen molar-refractivity contribution in [2.75, 3.05) is 13.2 Å². The maximum atomic E-state index is 13.5. The Morgan fingerprint density at radius 2 is 0.767 bits per heavy atom. The first kappa shape index (κ1) is 85.1. The van der Waals surface area contributed by atoms with Gasteiger partial charge in [-0.3, -0.25) is 9.59 Å². The summed E-state index contributed by atoms with van der Waals surface area (Å²) in [4.78, 5) is 26.7. The lowest BCUT2D eigenvalue weighted by atomic mass is 9.99. The number of unbranched alkanes of at least 4 members (excludes halogenated alkanes) is 42. The summed E-state index contributed by atoms with van der Waals surface area (Å²) in [5.41, 5.74) is 0. The van der Waals surface area contributed by atoms with Gasteiger partial charge < -0.3 is 45.1 Å². The Bertz CT molecular complexity index is 1750. The van der Waals surface area contributed by atoms with Crippen LogP contribution >= 0.6 is 0 Å². The quantitative estimate of drug-likeness (QED) is 0.0195. The molecule has 8 atom stereocenters. The number of nitrogens with one attached hydrogen (secondary N) is 1. The third-order valence-electron chi connectivity index (χ3n) is 17.8. The van der Waals surface area contributed by atoms with Gasteiger partial charge in [0.05, 0.1) is 25.4 Å². The van der Waals surface area contributed by atoms with Crippen molar-refractivity contribution in [1.82, 2.24) is 5.32 Å². The molecule has 1 amide bonds. The summed E-state index contributed by atoms with van der Waals surface area (Å²) >= 11 is 0. The van der Waals surface area contributed by atoms with Gasteiger partial charge in [0.2, 0.25) is 5.91 Å². The smallest absolute Gasteiger partial charge is 0.306 e. The molecular weight excluding hydrogens is 1120 g/mol. The molecule has 0 bridgehead atoms. The standard InChI is InChI=1S/C79H143NO10/c1-4-7-10-13-16-19-22-25-27-29-31-33-35-36-37-39-40-42-44-46-48-51-54-57-60-63-66-72(83)78(87)80-70(71(82)65-62-59-56-53-50-24-21-18-15-12-9-6-3)69-88-79-77(76(86)75(85)73(68-81)89-79)90-74(84)67-64-61-58-55-52-49-47-45-43-41-38-34-32-30-28-26-23-20-17-14-11-8-5-2/h16,19,25-28,31,33,36-37,62,65,70-73,75-77,79,81-83,85-86H,4-15,17-18,20-24,29-30,32,34-35,38-61,63-64,66-69H2,1-3H3,(H,80,87)/b19-16-,27-25-,28-26+,33-31-,37-36-,65-62+. The van der Waals surface area contributed by atoms with Crippen molar-refractivity contribution in [2.45, 2.75) is 404 Å². The Morgan fingerprint density at radius 3 is 1.18 bits per heavy atom. The van der Waals surface area contributed by atoms with Gasteiger partial charge in [0.1, 0.15) is 24.4 Å². The van der Waals surface area contributed by atoms with Crippen molar-refractivity contribution in [3.8, 4) is 0 Å². The SMILES string of the molecule is CCCCC/C=C\C/C=C\C/C=C\C/C=C\CCCCCCCCCCCCC(O)C(=O)NC(COC1OC(CO)C(O)C(O)C1OC(=O)CCCCCCCCCCCCCCC/C=C/CCCCCCCC)C(O)/C=C/CCCCCCCCCCCC. The van der Waals surface area contributed by atoms with Gasteiger partial charge in [0.15, 0.2) is 12.4 Å². The Balaban J connectivity index is 2.53. The molecular formula is C79H143NO10. The molecule has 8 unspecified atom stereocenters. The molecule has 0 radical (unpaired) electrons. The second-order valence-electron chi connectivity index (χ2n) is 26.4. The van der Waals surface area contributed by atoms with E-state index in [0.717, 1.165) is 83.5 Å². The highest BCUT2D eigenvalue weighted by Crippen LogP contribution is 2.26. The number of aliphatic hydroxyl groups excluding tert-OH is 5. The van der Waals surface area contributed by atoms with Gasteiger partial charge in [-0.25, -0.2) is 0 Å². The maximum absolute atomic E-state index is 13.5. The summed E-state index contributed by atoms with van der Waals surface area (Å²) in [5.74, 6) is -1.19. The van der Waals surface area contributed by atoms with Gasteiger partial charge in [-0.15, -0.1) is 0 Å². The highest BCUT2D eigenvalue weighted by molar-refractivity contribution is 5.80. The number of amides is 1. The molecule has 524 valence electrons. The number of allylic oxidation sites excluding steroid dienone is 11. The number of aliphatic hydroxyl groups is 5. The number of ether oxygens (including phenoxy) is 3. The van der Waals surface area contributed by atoms with E-state index in [1.54, 1.807) is 6.08 Å². The number of carbonyl (C=O) groups is 2. The molecule has 1 saturated heterocycles. The van der Waals surface area contributed by atoms with Gasteiger partial charge in [-0.1, -0.05) is 325 Å². The van der Waals surface area contributed by atoms with Gasteiger partial charge >= 0.3 is 5.97 Å². The van der Waals surface area contributed by atoms with E-state index in [1.807, 2.05) is 6.08 Å². The Hall–Kier alpha value is -2.90. The lowest BCUT2D eigenvalue weighted by Gasteiger charge is -2.41. The minimum Gasteiger partial charge on any atom is -0.454 e. The second kappa shape index (κ2) is 66.1. The highest BCUT2D eigenvalue weighted by Gasteiger charge is 2.47. The minimum absolute atomic E-state index is 0.124. The summed E-state index contributed by atoms with van der Waals surface area (Å²) in [7, 11) is 0. The zero-order valence-corrected chi connectivity index (χ0v) is 58.5. The zero-order valence-electron chi connectivity index (χ0n) is 58.5. The largest absolute Gasteiger partial charge is 0.454 e. The van der Waals surface area contributed by atoms with Gasteiger partial charge in [0.25, 0.3) is 0 Å².